The van der Waals surface area contributed by atoms with Crippen molar-refractivity contribution < 1.29 is 14.0 Å². The number of ketones is 1. The van der Waals surface area contributed by atoms with E-state index >= 15 is 0 Å². The molecular weight excluding hydrogens is 235 g/mol. The summed E-state index contributed by atoms with van der Waals surface area (Å²) in [7, 11) is 0. The van der Waals surface area contributed by atoms with E-state index in [1.807, 2.05) is 0 Å². The van der Waals surface area contributed by atoms with Crippen LogP contribution in [0.4, 0.5) is 9.18 Å². The first-order chi connectivity index (χ1) is 8.56. The maximum absolute atomic E-state index is 13.1. The van der Waals surface area contributed by atoms with Gasteiger partial charge >= 0.3 is 6.03 Å². The van der Waals surface area contributed by atoms with Crippen LogP contribution in [0.5, 0.6) is 0 Å². The molecule has 1 atom stereocenters. The van der Waals surface area contributed by atoms with Crippen molar-refractivity contribution in [1.29, 1.82) is 0 Å². The molecule has 0 aromatic heterocycles. The number of rotatable bonds is 4. The van der Waals surface area contributed by atoms with E-state index in [1.165, 1.54) is 19.1 Å². The first kappa shape index (κ1) is 12.5. The topological polar surface area (TPSA) is 49.4 Å². The summed E-state index contributed by atoms with van der Waals surface area (Å²) >= 11 is 0. The molecule has 2 rings (SSSR count). The zero-order chi connectivity index (χ0) is 13.1. The molecule has 1 saturated heterocycles. The molecule has 1 aliphatic rings. The van der Waals surface area contributed by atoms with Crippen molar-refractivity contribution >= 4 is 11.8 Å². The summed E-state index contributed by atoms with van der Waals surface area (Å²) in [5.74, 6) is -0.263. The number of benzene rings is 1. The van der Waals surface area contributed by atoms with Crippen LogP contribution in [-0.2, 0) is 4.79 Å². The highest BCUT2D eigenvalue weighted by Crippen LogP contribution is 2.20. The fourth-order valence-electron chi connectivity index (χ4n) is 1.99. The molecule has 0 bridgehead atoms. The number of urea groups is 1. The number of nitrogens with zero attached hydrogens (tertiary/aromatic N) is 1. The normalized spacial score (nSPS) is 18.9. The van der Waals surface area contributed by atoms with E-state index in [0.717, 1.165) is 5.56 Å². The third kappa shape index (κ3) is 2.85. The standard InChI is InChI=1S/C13H15FN2O2/c1-9(17)5-6-16-8-12(15-13(16)18)10-3-2-4-11(14)7-10/h2-4,7,12H,5-6,8H2,1H3,(H,15,18). The van der Waals surface area contributed by atoms with Gasteiger partial charge in [0.1, 0.15) is 11.6 Å². The van der Waals surface area contributed by atoms with Gasteiger partial charge in [-0.2, -0.15) is 0 Å². The Hall–Kier alpha value is -1.91. The smallest absolute Gasteiger partial charge is 0.318 e. The van der Waals surface area contributed by atoms with E-state index < -0.39 is 0 Å². The molecule has 1 unspecified atom stereocenters. The quantitative estimate of drug-likeness (QED) is 0.886. The maximum Gasteiger partial charge on any atom is 0.318 e. The summed E-state index contributed by atoms with van der Waals surface area (Å²) in [6.45, 7) is 2.38. The van der Waals surface area contributed by atoms with Crippen LogP contribution in [0.25, 0.3) is 0 Å². The zero-order valence-corrected chi connectivity index (χ0v) is 10.1. The number of hydrogen-bond acceptors (Lipinski definition) is 2. The number of Topliss-reactive ketones (excluding diaryl/α,β-unsaturated/α-hetero) is 1. The van der Waals surface area contributed by atoms with Crippen LogP contribution < -0.4 is 5.32 Å². The molecular formula is C13H15FN2O2. The zero-order valence-electron chi connectivity index (χ0n) is 10.1. The first-order valence-corrected chi connectivity index (χ1v) is 5.86. The summed E-state index contributed by atoms with van der Waals surface area (Å²) in [5.41, 5.74) is 0.744. The lowest BCUT2D eigenvalue weighted by Gasteiger charge is -2.13. The lowest BCUT2D eigenvalue weighted by molar-refractivity contribution is -0.117. The Morgan fingerprint density at radius 2 is 2.33 bits per heavy atom. The van der Waals surface area contributed by atoms with Gasteiger partial charge in [0.2, 0.25) is 0 Å². The number of halogens is 1. The molecule has 0 saturated carbocycles. The maximum atomic E-state index is 13.1. The minimum absolute atomic E-state index is 0.0528. The molecule has 1 aromatic rings. The summed E-state index contributed by atoms with van der Waals surface area (Å²) in [6.07, 6.45) is 0.350. The van der Waals surface area contributed by atoms with Gasteiger partial charge in [0.05, 0.1) is 6.04 Å². The summed E-state index contributed by atoms with van der Waals surface area (Å²) in [6, 6.07) is 5.77. The molecule has 1 aliphatic heterocycles. The second-order valence-corrected chi connectivity index (χ2v) is 4.46. The summed E-state index contributed by atoms with van der Waals surface area (Å²) in [4.78, 5) is 24.1. The lowest BCUT2D eigenvalue weighted by Crippen LogP contribution is -2.29. The molecule has 1 fully saturated rings. The van der Waals surface area contributed by atoms with Gasteiger partial charge in [0, 0.05) is 19.5 Å². The van der Waals surface area contributed by atoms with Crippen molar-refractivity contribution in [2.75, 3.05) is 13.1 Å². The van der Waals surface area contributed by atoms with Crippen molar-refractivity contribution in [3.05, 3.63) is 35.6 Å². The Morgan fingerprint density at radius 3 is 3.00 bits per heavy atom. The van der Waals surface area contributed by atoms with Gasteiger partial charge in [0.25, 0.3) is 0 Å². The van der Waals surface area contributed by atoms with Crippen LogP contribution in [0.1, 0.15) is 24.9 Å². The first-order valence-electron chi connectivity index (χ1n) is 5.86. The average molecular weight is 250 g/mol. The second-order valence-electron chi connectivity index (χ2n) is 4.46. The van der Waals surface area contributed by atoms with Gasteiger partial charge in [-0.05, 0) is 24.6 Å². The average Bonchev–Trinajstić information content (AvgIpc) is 2.68. The van der Waals surface area contributed by atoms with E-state index in [9.17, 15) is 14.0 Å². The highest BCUT2D eigenvalue weighted by Gasteiger charge is 2.29. The summed E-state index contributed by atoms with van der Waals surface area (Å²) < 4.78 is 13.1. The Morgan fingerprint density at radius 1 is 1.56 bits per heavy atom. The molecule has 1 N–H and O–H groups in total. The van der Waals surface area contributed by atoms with Crippen molar-refractivity contribution in [1.82, 2.24) is 10.2 Å². The molecule has 1 aromatic carbocycles. The van der Waals surface area contributed by atoms with Gasteiger partial charge in [-0.1, -0.05) is 12.1 Å². The monoisotopic (exact) mass is 250 g/mol. The second kappa shape index (κ2) is 5.16. The summed E-state index contributed by atoms with van der Waals surface area (Å²) in [5, 5.41) is 2.78. The van der Waals surface area contributed by atoms with Crippen LogP contribution in [0, 0.1) is 5.82 Å². The van der Waals surface area contributed by atoms with Gasteiger partial charge in [-0.3, -0.25) is 4.79 Å². The minimum atomic E-state index is -0.316. The van der Waals surface area contributed by atoms with E-state index in [4.69, 9.17) is 0 Å². The Bertz CT molecular complexity index is 476. The largest absolute Gasteiger partial charge is 0.329 e. The Labute approximate surface area is 105 Å². The third-order valence-corrected chi connectivity index (χ3v) is 2.97. The number of carbonyl (C=O) groups excluding carboxylic acids is 2. The number of carbonyl (C=O) groups is 2. The highest BCUT2D eigenvalue weighted by atomic mass is 19.1. The van der Waals surface area contributed by atoms with E-state index in [-0.39, 0.29) is 23.7 Å². The van der Waals surface area contributed by atoms with Gasteiger partial charge in [-0.25, -0.2) is 9.18 Å². The molecule has 4 nitrogen and oxygen atoms in total. The van der Waals surface area contributed by atoms with Crippen molar-refractivity contribution in [3.8, 4) is 0 Å². The lowest BCUT2D eigenvalue weighted by atomic mass is 10.1. The third-order valence-electron chi connectivity index (χ3n) is 2.97. The van der Waals surface area contributed by atoms with Crippen LogP contribution in [-0.4, -0.2) is 29.8 Å². The van der Waals surface area contributed by atoms with Crippen molar-refractivity contribution in [3.63, 3.8) is 0 Å². The molecule has 0 aliphatic carbocycles. The molecule has 0 radical (unpaired) electrons. The number of nitrogens with one attached hydrogen (secondary N) is 1. The highest BCUT2D eigenvalue weighted by molar-refractivity contribution is 5.79. The number of amides is 2. The predicted octanol–water partition coefficient (Wildman–Crippen LogP) is 1.87. The fraction of sp³-hybridized carbons (Fsp3) is 0.385. The van der Waals surface area contributed by atoms with Crippen LogP contribution in [0.15, 0.2) is 24.3 Å². The van der Waals surface area contributed by atoms with E-state index in [2.05, 4.69) is 5.32 Å². The Kier molecular flexibility index (Phi) is 3.60. The molecule has 96 valence electrons. The minimum Gasteiger partial charge on any atom is -0.329 e. The molecule has 18 heavy (non-hydrogen) atoms. The predicted molar refractivity (Wildman–Crippen MR) is 64.5 cm³/mol. The van der Waals surface area contributed by atoms with Gasteiger partial charge in [-0.15, -0.1) is 0 Å². The fourth-order valence-corrected chi connectivity index (χ4v) is 1.99. The SMILES string of the molecule is CC(=O)CCN1CC(c2cccc(F)c2)NC1=O. The molecule has 2 amide bonds. The van der Waals surface area contributed by atoms with Crippen molar-refractivity contribution in [2.24, 2.45) is 0 Å². The molecule has 0 spiro atoms. The van der Waals surface area contributed by atoms with Gasteiger partial charge in [0.15, 0.2) is 0 Å². The Balaban J connectivity index is 2.02. The van der Waals surface area contributed by atoms with Crippen LogP contribution in [0.3, 0.4) is 0 Å². The van der Waals surface area contributed by atoms with Crippen LogP contribution in [0.2, 0.25) is 0 Å². The van der Waals surface area contributed by atoms with Gasteiger partial charge < -0.3 is 10.2 Å². The number of hydrogen-bond donors (Lipinski definition) is 1. The van der Waals surface area contributed by atoms with Crippen LogP contribution >= 0.6 is 0 Å². The molecule has 1 heterocycles. The molecule has 5 heteroatoms. The van der Waals surface area contributed by atoms with Crippen molar-refractivity contribution in [2.45, 2.75) is 19.4 Å². The van der Waals surface area contributed by atoms with E-state index in [1.54, 1.807) is 17.0 Å². The van der Waals surface area contributed by atoms with E-state index in [0.29, 0.717) is 19.5 Å².